The van der Waals surface area contributed by atoms with Crippen LogP contribution < -0.4 is 0 Å². The van der Waals surface area contributed by atoms with E-state index in [-0.39, 0.29) is 0 Å². The van der Waals surface area contributed by atoms with Crippen molar-refractivity contribution in [2.45, 2.75) is 13.8 Å². The van der Waals surface area contributed by atoms with Gasteiger partial charge in [-0.1, -0.05) is 10.3 Å². The monoisotopic (exact) mass is 207 g/mol. The first-order chi connectivity index (χ1) is 6.68. The van der Waals surface area contributed by atoms with Crippen molar-refractivity contribution in [3.05, 3.63) is 28.3 Å². The SMILES string of the molecule is Cc1ccc(-n2[nH]nnc2=S)c(C)n1. The quantitative estimate of drug-likeness (QED) is 0.717. The number of hydrogen-bond acceptors (Lipinski definition) is 4. The lowest BCUT2D eigenvalue weighted by molar-refractivity contribution is 0.776. The number of aryl methyl sites for hydroxylation is 2. The van der Waals surface area contributed by atoms with E-state index in [1.165, 1.54) is 0 Å². The molecule has 0 fully saturated rings. The van der Waals surface area contributed by atoms with Gasteiger partial charge < -0.3 is 0 Å². The van der Waals surface area contributed by atoms with Crippen molar-refractivity contribution in [1.29, 1.82) is 0 Å². The van der Waals surface area contributed by atoms with Crippen LogP contribution in [0.15, 0.2) is 12.1 Å². The maximum absolute atomic E-state index is 4.99. The van der Waals surface area contributed by atoms with E-state index in [0.717, 1.165) is 17.1 Å². The van der Waals surface area contributed by atoms with E-state index in [4.69, 9.17) is 12.2 Å². The van der Waals surface area contributed by atoms with Gasteiger partial charge in [0, 0.05) is 5.69 Å². The van der Waals surface area contributed by atoms with Crippen molar-refractivity contribution in [3.8, 4) is 5.69 Å². The minimum atomic E-state index is 0.402. The van der Waals surface area contributed by atoms with Crippen LogP contribution in [0.1, 0.15) is 11.4 Å². The molecule has 0 aliphatic rings. The van der Waals surface area contributed by atoms with Crippen LogP contribution in [0.3, 0.4) is 0 Å². The number of H-pyrrole nitrogens is 1. The van der Waals surface area contributed by atoms with Crippen molar-refractivity contribution >= 4 is 12.2 Å². The van der Waals surface area contributed by atoms with Gasteiger partial charge in [0.05, 0.1) is 11.4 Å². The number of tetrazole rings is 1. The lowest BCUT2D eigenvalue weighted by Crippen LogP contribution is -2.01. The summed E-state index contributed by atoms with van der Waals surface area (Å²) in [6.45, 7) is 3.87. The topological polar surface area (TPSA) is 59.4 Å². The molecule has 2 rings (SSSR count). The van der Waals surface area contributed by atoms with E-state index in [2.05, 4.69) is 20.5 Å². The molecule has 0 spiro atoms. The van der Waals surface area contributed by atoms with Crippen LogP contribution in [0.25, 0.3) is 5.69 Å². The van der Waals surface area contributed by atoms with Crippen molar-refractivity contribution in [2.75, 3.05) is 0 Å². The molecule has 6 heteroatoms. The highest BCUT2D eigenvalue weighted by Crippen LogP contribution is 2.10. The van der Waals surface area contributed by atoms with Gasteiger partial charge >= 0.3 is 0 Å². The largest absolute Gasteiger partial charge is 0.256 e. The Bertz CT molecular complexity index is 512. The molecule has 1 N–H and O–H groups in total. The summed E-state index contributed by atoms with van der Waals surface area (Å²) in [5.41, 5.74) is 2.75. The van der Waals surface area contributed by atoms with E-state index >= 15 is 0 Å². The summed E-state index contributed by atoms with van der Waals surface area (Å²) < 4.78 is 2.02. The molecular formula is C8H9N5S. The van der Waals surface area contributed by atoms with Gasteiger partial charge in [0.25, 0.3) is 0 Å². The molecule has 0 atom stereocenters. The van der Waals surface area contributed by atoms with Crippen LogP contribution in [0.4, 0.5) is 0 Å². The zero-order valence-corrected chi connectivity index (χ0v) is 8.67. The minimum absolute atomic E-state index is 0.402. The van der Waals surface area contributed by atoms with Gasteiger partial charge in [-0.15, -0.1) is 0 Å². The zero-order valence-electron chi connectivity index (χ0n) is 7.85. The smallest absolute Gasteiger partial charge is 0.242 e. The summed E-state index contributed by atoms with van der Waals surface area (Å²) in [6.07, 6.45) is 0. The van der Waals surface area contributed by atoms with Crippen LogP contribution in [0, 0.1) is 18.6 Å². The Balaban J connectivity index is 2.63. The number of nitrogens with zero attached hydrogens (tertiary/aromatic N) is 4. The Morgan fingerprint density at radius 1 is 1.36 bits per heavy atom. The lowest BCUT2D eigenvalue weighted by atomic mass is 10.3. The molecule has 2 aromatic heterocycles. The number of aromatic amines is 1. The van der Waals surface area contributed by atoms with Crippen LogP contribution >= 0.6 is 12.2 Å². The van der Waals surface area contributed by atoms with Crippen LogP contribution in [-0.4, -0.2) is 25.2 Å². The standard InChI is InChI=1S/C8H9N5S/c1-5-3-4-7(6(2)9-5)13-8(14)10-11-12-13/h3-4H,1-2H3,(H,10,12,14). The highest BCUT2D eigenvalue weighted by Gasteiger charge is 2.04. The normalized spacial score (nSPS) is 10.4. The molecule has 0 aliphatic carbocycles. The number of pyridine rings is 1. The van der Waals surface area contributed by atoms with Crippen LogP contribution in [0.2, 0.25) is 0 Å². The average Bonchev–Trinajstić information content (AvgIpc) is 2.52. The highest BCUT2D eigenvalue weighted by molar-refractivity contribution is 7.71. The zero-order chi connectivity index (χ0) is 10.1. The summed E-state index contributed by atoms with van der Waals surface area (Å²) in [7, 11) is 0. The van der Waals surface area contributed by atoms with Gasteiger partial charge in [-0.05, 0) is 38.2 Å². The first-order valence-corrected chi connectivity index (χ1v) is 4.54. The number of nitrogens with one attached hydrogen (secondary N) is 1. The fourth-order valence-corrected chi connectivity index (χ4v) is 1.45. The minimum Gasteiger partial charge on any atom is -0.256 e. The maximum Gasteiger partial charge on any atom is 0.242 e. The molecule has 72 valence electrons. The van der Waals surface area contributed by atoms with Crippen molar-refractivity contribution in [3.63, 3.8) is 0 Å². The second-order valence-electron chi connectivity index (χ2n) is 2.98. The molecule has 2 aromatic rings. The molecule has 0 radical (unpaired) electrons. The van der Waals surface area contributed by atoms with Gasteiger partial charge in [0.1, 0.15) is 0 Å². The third kappa shape index (κ3) is 1.44. The molecule has 0 bridgehead atoms. The van der Waals surface area contributed by atoms with E-state index in [0.29, 0.717) is 4.77 Å². The molecule has 5 nitrogen and oxygen atoms in total. The fraction of sp³-hybridized carbons (Fsp3) is 0.250. The summed E-state index contributed by atoms with van der Waals surface area (Å²) in [6, 6.07) is 3.86. The third-order valence-corrected chi connectivity index (χ3v) is 2.17. The van der Waals surface area contributed by atoms with Gasteiger partial charge in [0.2, 0.25) is 4.77 Å². The number of aromatic nitrogens is 5. The Kier molecular flexibility index (Phi) is 2.12. The Morgan fingerprint density at radius 2 is 2.14 bits per heavy atom. The molecule has 0 unspecified atom stereocenters. The van der Waals surface area contributed by atoms with Crippen molar-refractivity contribution < 1.29 is 0 Å². The summed E-state index contributed by atoms with van der Waals surface area (Å²) in [4.78, 5) is 4.33. The van der Waals surface area contributed by atoms with Gasteiger partial charge in [-0.2, -0.15) is 5.21 Å². The van der Waals surface area contributed by atoms with Crippen molar-refractivity contribution in [1.82, 2.24) is 25.2 Å². The van der Waals surface area contributed by atoms with E-state index < -0.39 is 0 Å². The molecule has 0 saturated carbocycles. The lowest BCUT2D eigenvalue weighted by Gasteiger charge is -2.04. The molecule has 0 saturated heterocycles. The first-order valence-electron chi connectivity index (χ1n) is 4.13. The average molecular weight is 207 g/mol. The highest BCUT2D eigenvalue weighted by atomic mass is 32.1. The molecule has 14 heavy (non-hydrogen) atoms. The van der Waals surface area contributed by atoms with E-state index in [1.807, 2.05) is 26.0 Å². The van der Waals surface area contributed by atoms with Gasteiger partial charge in [-0.3, -0.25) is 4.98 Å². The maximum atomic E-state index is 4.99. The van der Waals surface area contributed by atoms with E-state index in [1.54, 1.807) is 4.68 Å². The Labute approximate surface area is 85.8 Å². The second-order valence-corrected chi connectivity index (χ2v) is 3.34. The summed E-state index contributed by atoms with van der Waals surface area (Å²) in [5, 5.41) is 10.0. The van der Waals surface area contributed by atoms with Gasteiger partial charge in [-0.25, -0.2) is 4.68 Å². The van der Waals surface area contributed by atoms with Gasteiger partial charge in [0.15, 0.2) is 0 Å². The molecular weight excluding hydrogens is 198 g/mol. The molecule has 0 aliphatic heterocycles. The molecule has 2 heterocycles. The Morgan fingerprint density at radius 3 is 2.71 bits per heavy atom. The van der Waals surface area contributed by atoms with Crippen molar-refractivity contribution in [2.24, 2.45) is 0 Å². The van der Waals surface area contributed by atoms with Crippen LogP contribution in [-0.2, 0) is 0 Å². The number of hydrogen-bond donors (Lipinski definition) is 1. The predicted octanol–water partition coefficient (Wildman–Crippen LogP) is 1.34. The fourth-order valence-electron chi connectivity index (χ4n) is 1.27. The summed E-state index contributed by atoms with van der Waals surface area (Å²) >= 11 is 4.99. The number of rotatable bonds is 1. The molecule has 0 aromatic carbocycles. The van der Waals surface area contributed by atoms with Crippen LogP contribution in [0.5, 0.6) is 0 Å². The summed E-state index contributed by atoms with van der Waals surface area (Å²) in [5.74, 6) is 0. The third-order valence-electron chi connectivity index (χ3n) is 1.91. The van der Waals surface area contributed by atoms with E-state index in [9.17, 15) is 0 Å². The Hall–Kier alpha value is -1.56. The predicted molar refractivity (Wildman–Crippen MR) is 53.8 cm³/mol. The first kappa shape index (κ1) is 9.01. The molecule has 0 amide bonds. The second kappa shape index (κ2) is 3.30.